The molecule has 0 aliphatic carbocycles. The number of nitrogen functional groups attached to an aromatic ring is 1. The van der Waals surface area contributed by atoms with Gasteiger partial charge in [-0.3, -0.25) is 4.79 Å². The molecule has 0 aromatic heterocycles. The topological polar surface area (TPSA) is 55.6 Å². The first-order valence-corrected chi connectivity index (χ1v) is 6.81. The highest BCUT2D eigenvalue weighted by atomic mass is 16.5. The lowest BCUT2D eigenvalue weighted by Crippen LogP contribution is -2.40. The summed E-state index contributed by atoms with van der Waals surface area (Å²) in [6.07, 6.45) is 1.59. The van der Waals surface area contributed by atoms with Crippen molar-refractivity contribution in [2.45, 2.75) is 32.1 Å². The molecule has 0 atom stereocenters. The van der Waals surface area contributed by atoms with Gasteiger partial charge in [-0.2, -0.15) is 0 Å². The number of nitrogens with two attached hydrogens (primary N) is 1. The second kappa shape index (κ2) is 5.21. The van der Waals surface area contributed by atoms with Crippen LogP contribution in [0.25, 0.3) is 0 Å². The molecular formula is C15H22N2O2. The molecule has 0 saturated heterocycles. The lowest BCUT2D eigenvalue weighted by molar-refractivity contribution is -0.123. The Morgan fingerprint density at radius 2 is 2.00 bits per heavy atom. The zero-order chi connectivity index (χ0) is 14.0. The number of carbonyl (C=O) groups excluding carboxylic acids is 1. The Balaban J connectivity index is 2.51. The maximum Gasteiger partial charge on any atom is 0.237 e. The van der Waals surface area contributed by atoms with Gasteiger partial charge in [-0.25, -0.2) is 0 Å². The second-order valence-corrected chi connectivity index (χ2v) is 5.02. The van der Waals surface area contributed by atoms with Crippen LogP contribution in [0.2, 0.25) is 0 Å². The van der Waals surface area contributed by atoms with E-state index in [0.717, 1.165) is 24.1 Å². The molecular weight excluding hydrogens is 240 g/mol. The molecule has 2 rings (SSSR count). The normalized spacial score (nSPS) is 16.8. The number of methoxy groups -OCH3 is 1. The van der Waals surface area contributed by atoms with E-state index in [2.05, 4.69) is 13.8 Å². The van der Waals surface area contributed by atoms with E-state index in [0.29, 0.717) is 18.8 Å². The van der Waals surface area contributed by atoms with Crippen molar-refractivity contribution in [3.63, 3.8) is 0 Å². The number of anilines is 2. The number of nitrogens with zero attached hydrogens (tertiary/aromatic N) is 1. The number of hydrogen-bond acceptors (Lipinski definition) is 3. The first-order valence-electron chi connectivity index (χ1n) is 6.81. The fraction of sp³-hybridized carbons (Fsp3) is 0.533. The molecule has 104 valence electrons. The third-order valence-electron chi connectivity index (χ3n) is 4.21. The molecule has 0 spiro atoms. The Labute approximate surface area is 114 Å². The largest absolute Gasteiger partial charge is 0.399 e. The number of hydrogen-bond donors (Lipinski definition) is 1. The Hall–Kier alpha value is -1.55. The van der Waals surface area contributed by atoms with Gasteiger partial charge in [0, 0.05) is 25.0 Å². The first kappa shape index (κ1) is 13.9. The molecule has 1 aliphatic heterocycles. The van der Waals surface area contributed by atoms with E-state index in [1.54, 1.807) is 7.11 Å². The standard InChI is InChI=1S/C15H22N2O2/c1-4-15(5-2)12-10-11(16)6-7-13(12)17(14(15)18)8-9-19-3/h6-7,10H,4-5,8-9,16H2,1-3H3. The summed E-state index contributed by atoms with van der Waals surface area (Å²) in [7, 11) is 1.65. The Bertz CT molecular complexity index is 481. The van der Waals surface area contributed by atoms with Gasteiger partial charge in [0.1, 0.15) is 0 Å². The highest BCUT2D eigenvalue weighted by molar-refractivity contribution is 6.08. The third-order valence-corrected chi connectivity index (χ3v) is 4.21. The van der Waals surface area contributed by atoms with Crippen LogP contribution < -0.4 is 10.6 Å². The summed E-state index contributed by atoms with van der Waals surface area (Å²) in [6, 6.07) is 5.76. The summed E-state index contributed by atoms with van der Waals surface area (Å²) < 4.78 is 5.11. The van der Waals surface area contributed by atoms with Crippen LogP contribution in [-0.4, -0.2) is 26.2 Å². The number of rotatable bonds is 5. The fourth-order valence-corrected chi connectivity index (χ4v) is 2.99. The number of benzene rings is 1. The van der Waals surface area contributed by atoms with E-state index >= 15 is 0 Å². The molecule has 4 heteroatoms. The quantitative estimate of drug-likeness (QED) is 0.828. The van der Waals surface area contributed by atoms with E-state index in [9.17, 15) is 4.79 Å². The van der Waals surface area contributed by atoms with Crippen molar-refractivity contribution in [1.29, 1.82) is 0 Å². The summed E-state index contributed by atoms with van der Waals surface area (Å²) >= 11 is 0. The smallest absolute Gasteiger partial charge is 0.237 e. The maximum atomic E-state index is 12.8. The van der Waals surface area contributed by atoms with E-state index in [-0.39, 0.29) is 5.91 Å². The monoisotopic (exact) mass is 262 g/mol. The molecule has 1 amide bonds. The van der Waals surface area contributed by atoms with Crippen LogP contribution in [0, 0.1) is 0 Å². The summed E-state index contributed by atoms with van der Waals surface area (Å²) in [4.78, 5) is 14.6. The fourth-order valence-electron chi connectivity index (χ4n) is 2.99. The van der Waals surface area contributed by atoms with E-state index in [4.69, 9.17) is 10.5 Å². The van der Waals surface area contributed by atoms with Crippen LogP contribution in [-0.2, 0) is 14.9 Å². The highest BCUT2D eigenvalue weighted by Crippen LogP contribution is 2.46. The van der Waals surface area contributed by atoms with Crippen LogP contribution >= 0.6 is 0 Å². The van der Waals surface area contributed by atoms with Crippen LogP contribution in [0.5, 0.6) is 0 Å². The summed E-state index contributed by atoms with van der Waals surface area (Å²) in [6.45, 7) is 5.26. The Morgan fingerprint density at radius 3 is 2.58 bits per heavy atom. The predicted octanol–water partition coefficient (Wildman–Crippen LogP) is 2.32. The molecule has 2 N–H and O–H groups in total. The number of amides is 1. The minimum atomic E-state index is -0.418. The molecule has 1 heterocycles. The van der Waals surface area contributed by atoms with Crippen molar-refractivity contribution in [3.05, 3.63) is 23.8 Å². The molecule has 4 nitrogen and oxygen atoms in total. The SMILES string of the molecule is CCC1(CC)C(=O)N(CCOC)c2ccc(N)cc21. The number of ether oxygens (including phenoxy) is 1. The lowest BCUT2D eigenvalue weighted by atomic mass is 9.77. The molecule has 0 fully saturated rings. The van der Waals surface area contributed by atoms with Gasteiger partial charge in [0.2, 0.25) is 5.91 Å². The molecule has 0 unspecified atom stereocenters. The molecule has 19 heavy (non-hydrogen) atoms. The van der Waals surface area contributed by atoms with Crippen molar-refractivity contribution in [2.75, 3.05) is 30.9 Å². The number of fused-ring (bicyclic) bond motifs is 1. The van der Waals surface area contributed by atoms with Crippen LogP contribution in [0.15, 0.2) is 18.2 Å². The van der Waals surface area contributed by atoms with Crippen molar-refractivity contribution < 1.29 is 9.53 Å². The van der Waals surface area contributed by atoms with Gasteiger partial charge in [0.05, 0.1) is 12.0 Å². The molecule has 0 bridgehead atoms. The summed E-state index contributed by atoms with van der Waals surface area (Å²) in [5.41, 5.74) is 8.25. The van der Waals surface area contributed by atoms with Crippen molar-refractivity contribution in [1.82, 2.24) is 0 Å². The van der Waals surface area contributed by atoms with E-state index in [1.807, 2.05) is 23.1 Å². The van der Waals surface area contributed by atoms with Gasteiger partial charge < -0.3 is 15.4 Å². The summed E-state index contributed by atoms with van der Waals surface area (Å²) in [5, 5.41) is 0. The van der Waals surface area contributed by atoms with Gasteiger partial charge in [-0.05, 0) is 36.6 Å². The summed E-state index contributed by atoms with van der Waals surface area (Å²) in [5.74, 6) is 0.176. The predicted molar refractivity (Wildman–Crippen MR) is 77.3 cm³/mol. The molecule has 0 radical (unpaired) electrons. The Morgan fingerprint density at radius 1 is 1.32 bits per heavy atom. The third kappa shape index (κ3) is 2.00. The van der Waals surface area contributed by atoms with Gasteiger partial charge in [-0.1, -0.05) is 13.8 Å². The van der Waals surface area contributed by atoms with Crippen molar-refractivity contribution >= 4 is 17.3 Å². The van der Waals surface area contributed by atoms with Gasteiger partial charge in [0.15, 0.2) is 0 Å². The van der Waals surface area contributed by atoms with Crippen molar-refractivity contribution in [2.24, 2.45) is 0 Å². The minimum absolute atomic E-state index is 0.176. The van der Waals surface area contributed by atoms with E-state index in [1.165, 1.54) is 0 Å². The molecule has 1 aliphatic rings. The highest BCUT2D eigenvalue weighted by Gasteiger charge is 2.48. The van der Waals surface area contributed by atoms with Crippen LogP contribution in [0.3, 0.4) is 0 Å². The zero-order valence-electron chi connectivity index (χ0n) is 11.9. The van der Waals surface area contributed by atoms with E-state index < -0.39 is 5.41 Å². The average molecular weight is 262 g/mol. The zero-order valence-corrected chi connectivity index (χ0v) is 11.9. The lowest BCUT2D eigenvalue weighted by Gasteiger charge is -2.26. The Kier molecular flexibility index (Phi) is 3.80. The average Bonchev–Trinajstić information content (AvgIpc) is 2.65. The minimum Gasteiger partial charge on any atom is -0.399 e. The second-order valence-electron chi connectivity index (χ2n) is 5.02. The van der Waals surface area contributed by atoms with Crippen LogP contribution in [0.1, 0.15) is 32.3 Å². The molecule has 0 saturated carbocycles. The van der Waals surface area contributed by atoms with Crippen LogP contribution in [0.4, 0.5) is 11.4 Å². The molecule has 1 aromatic carbocycles. The first-order chi connectivity index (χ1) is 9.10. The van der Waals surface area contributed by atoms with Gasteiger partial charge in [-0.15, -0.1) is 0 Å². The number of carbonyl (C=O) groups is 1. The maximum absolute atomic E-state index is 12.8. The van der Waals surface area contributed by atoms with Gasteiger partial charge in [0.25, 0.3) is 0 Å². The van der Waals surface area contributed by atoms with Crippen molar-refractivity contribution in [3.8, 4) is 0 Å². The molecule has 1 aromatic rings. The van der Waals surface area contributed by atoms with Gasteiger partial charge >= 0.3 is 0 Å².